The molecule has 1 aliphatic heterocycles. The molecule has 0 aromatic heterocycles. The molecule has 0 N–H and O–H groups in total. The second-order valence-electron chi connectivity index (χ2n) is 7.45. The number of hydrogen-bond acceptors (Lipinski definition) is 4. The maximum absolute atomic E-state index is 13.4. The lowest BCUT2D eigenvalue weighted by molar-refractivity contribution is -0.124. The van der Waals surface area contributed by atoms with Crippen LogP contribution in [0.15, 0.2) is 77.1 Å². The predicted octanol–water partition coefficient (Wildman–Crippen LogP) is 6.19. The van der Waals surface area contributed by atoms with Gasteiger partial charge in [0.15, 0.2) is 5.17 Å². The minimum Gasteiger partial charge on any atom is -0.489 e. The molecule has 2 aromatic carbocycles. The van der Waals surface area contributed by atoms with Gasteiger partial charge in [-0.2, -0.15) is 0 Å². The number of rotatable bonds is 6. The van der Waals surface area contributed by atoms with E-state index in [0.29, 0.717) is 11.5 Å². The molecule has 1 aliphatic carbocycles. The van der Waals surface area contributed by atoms with E-state index in [1.807, 2.05) is 65.6 Å². The second-order valence-corrected chi connectivity index (χ2v) is 8.45. The number of benzene rings is 2. The Labute approximate surface area is 182 Å². The minimum absolute atomic E-state index is 0.0418. The number of amides is 1. The molecule has 1 saturated heterocycles. The third-order valence-electron chi connectivity index (χ3n) is 5.32. The van der Waals surface area contributed by atoms with E-state index in [2.05, 4.69) is 6.58 Å². The molecule has 0 unspecified atom stereocenters. The van der Waals surface area contributed by atoms with Gasteiger partial charge < -0.3 is 4.74 Å². The molecule has 0 atom stereocenters. The van der Waals surface area contributed by atoms with Crippen LogP contribution in [0.2, 0.25) is 0 Å². The van der Waals surface area contributed by atoms with E-state index in [-0.39, 0.29) is 11.9 Å². The lowest BCUT2D eigenvalue weighted by Crippen LogP contribution is -2.40. The van der Waals surface area contributed by atoms with Crippen LogP contribution in [-0.2, 0) is 4.79 Å². The van der Waals surface area contributed by atoms with Crippen LogP contribution in [0, 0.1) is 0 Å². The minimum atomic E-state index is 0.0418. The molecule has 1 heterocycles. The Kier molecular flexibility index (Phi) is 6.70. The highest BCUT2D eigenvalue weighted by atomic mass is 32.2. The van der Waals surface area contributed by atoms with Crippen LogP contribution in [-0.4, -0.2) is 28.6 Å². The summed E-state index contributed by atoms with van der Waals surface area (Å²) in [6, 6.07) is 17.8. The summed E-state index contributed by atoms with van der Waals surface area (Å²) in [5, 5.41) is 0.772. The summed E-state index contributed by atoms with van der Waals surface area (Å²) in [5.41, 5.74) is 1.75. The summed E-state index contributed by atoms with van der Waals surface area (Å²) >= 11 is 1.45. The Bertz CT molecular complexity index is 962. The SMILES string of the molecule is C=CCOc1ccccc1C=C1SC(=Nc2ccccc2)N(C2CCCCC2)C1=O. The molecule has 0 radical (unpaired) electrons. The molecule has 1 amide bonds. The van der Waals surface area contributed by atoms with E-state index >= 15 is 0 Å². The third-order valence-corrected chi connectivity index (χ3v) is 6.30. The molecular formula is C25H26N2O2S. The molecular weight excluding hydrogens is 392 g/mol. The summed E-state index contributed by atoms with van der Waals surface area (Å²) in [6.45, 7) is 4.14. The number of hydrogen-bond donors (Lipinski definition) is 0. The first-order valence-corrected chi connectivity index (χ1v) is 11.3. The lowest BCUT2D eigenvalue weighted by Gasteiger charge is -2.30. The van der Waals surface area contributed by atoms with E-state index in [0.717, 1.165) is 47.9 Å². The lowest BCUT2D eigenvalue weighted by atomic mass is 9.94. The number of amidine groups is 1. The van der Waals surface area contributed by atoms with E-state index < -0.39 is 0 Å². The highest BCUT2D eigenvalue weighted by Crippen LogP contribution is 2.39. The fourth-order valence-corrected chi connectivity index (χ4v) is 4.91. The smallest absolute Gasteiger partial charge is 0.267 e. The Morgan fingerprint density at radius 3 is 2.57 bits per heavy atom. The van der Waals surface area contributed by atoms with Gasteiger partial charge in [-0.15, -0.1) is 0 Å². The van der Waals surface area contributed by atoms with Gasteiger partial charge in [-0.05, 0) is 48.9 Å². The van der Waals surface area contributed by atoms with Crippen LogP contribution in [0.1, 0.15) is 37.7 Å². The van der Waals surface area contributed by atoms with Crippen molar-refractivity contribution in [1.82, 2.24) is 4.90 Å². The first-order valence-electron chi connectivity index (χ1n) is 10.5. The predicted molar refractivity (Wildman–Crippen MR) is 125 cm³/mol. The van der Waals surface area contributed by atoms with Crippen molar-refractivity contribution in [1.29, 1.82) is 0 Å². The van der Waals surface area contributed by atoms with Gasteiger partial charge in [0.25, 0.3) is 5.91 Å². The Balaban J connectivity index is 1.68. The second kappa shape index (κ2) is 9.81. The molecule has 2 aliphatic rings. The Morgan fingerprint density at radius 1 is 1.07 bits per heavy atom. The van der Waals surface area contributed by atoms with Gasteiger partial charge in [0, 0.05) is 11.6 Å². The van der Waals surface area contributed by atoms with Crippen molar-refractivity contribution in [2.24, 2.45) is 4.99 Å². The Hall–Kier alpha value is -2.79. The molecule has 4 rings (SSSR count). The van der Waals surface area contributed by atoms with Gasteiger partial charge >= 0.3 is 0 Å². The molecule has 0 spiro atoms. The number of carbonyl (C=O) groups excluding carboxylic acids is 1. The maximum Gasteiger partial charge on any atom is 0.267 e. The van der Waals surface area contributed by atoms with Crippen molar-refractivity contribution in [2.75, 3.05) is 6.61 Å². The van der Waals surface area contributed by atoms with Crippen molar-refractivity contribution in [2.45, 2.75) is 38.1 Å². The van der Waals surface area contributed by atoms with Crippen molar-refractivity contribution >= 4 is 34.6 Å². The molecule has 1 saturated carbocycles. The van der Waals surface area contributed by atoms with Crippen LogP contribution in [0.3, 0.4) is 0 Å². The van der Waals surface area contributed by atoms with Crippen LogP contribution in [0.25, 0.3) is 6.08 Å². The first kappa shape index (κ1) is 20.5. The van der Waals surface area contributed by atoms with Gasteiger partial charge in [0.1, 0.15) is 12.4 Å². The highest BCUT2D eigenvalue weighted by Gasteiger charge is 2.38. The van der Waals surface area contributed by atoms with Gasteiger partial charge in [-0.1, -0.05) is 68.3 Å². The summed E-state index contributed by atoms with van der Waals surface area (Å²) in [6.07, 6.45) is 9.28. The fraction of sp³-hybridized carbons (Fsp3) is 0.280. The number of para-hydroxylation sites is 2. The quantitative estimate of drug-likeness (QED) is 0.415. The van der Waals surface area contributed by atoms with Crippen molar-refractivity contribution in [3.8, 4) is 5.75 Å². The molecule has 0 bridgehead atoms. The molecule has 2 fully saturated rings. The van der Waals surface area contributed by atoms with Crippen molar-refractivity contribution in [3.63, 3.8) is 0 Å². The van der Waals surface area contributed by atoms with Crippen molar-refractivity contribution in [3.05, 3.63) is 77.7 Å². The zero-order chi connectivity index (χ0) is 20.8. The van der Waals surface area contributed by atoms with Crippen LogP contribution in [0.4, 0.5) is 5.69 Å². The summed E-state index contributed by atoms with van der Waals surface area (Å²) < 4.78 is 5.77. The number of thioether (sulfide) groups is 1. The third kappa shape index (κ3) is 4.68. The average Bonchev–Trinajstić information content (AvgIpc) is 3.09. The first-order chi connectivity index (χ1) is 14.8. The Morgan fingerprint density at radius 2 is 1.80 bits per heavy atom. The molecule has 4 nitrogen and oxygen atoms in total. The van der Waals surface area contributed by atoms with Gasteiger partial charge in [-0.25, -0.2) is 4.99 Å². The number of nitrogens with zero attached hydrogens (tertiary/aromatic N) is 2. The van der Waals surface area contributed by atoms with Gasteiger partial charge in [-0.3, -0.25) is 9.69 Å². The molecule has 154 valence electrons. The topological polar surface area (TPSA) is 41.9 Å². The monoisotopic (exact) mass is 418 g/mol. The van der Waals surface area contributed by atoms with Crippen LogP contribution >= 0.6 is 11.8 Å². The highest BCUT2D eigenvalue weighted by molar-refractivity contribution is 8.18. The average molecular weight is 419 g/mol. The van der Waals surface area contributed by atoms with Gasteiger partial charge in [0.05, 0.1) is 10.6 Å². The molecule has 5 heteroatoms. The van der Waals surface area contributed by atoms with Crippen molar-refractivity contribution < 1.29 is 9.53 Å². The summed E-state index contributed by atoms with van der Waals surface area (Å²) in [5.74, 6) is 0.788. The molecule has 2 aromatic rings. The zero-order valence-corrected chi connectivity index (χ0v) is 17.8. The standard InChI is InChI=1S/C25H26N2O2S/c1-2-17-29-22-16-10-9-11-19(22)18-23-24(28)27(21-14-7-4-8-15-21)25(30-23)26-20-12-5-3-6-13-20/h2-3,5-6,9-13,16,18,21H,1,4,7-8,14-15,17H2. The summed E-state index contributed by atoms with van der Waals surface area (Å²) in [7, 11) is 0. The largest absolute Gasteiger partial charge is 0.489 e. The van der Waals surface area contributed by atoms with E-state index in [9.17, 15) is 4.79 Å². The normalized spacial score (nSPS) is 20.1. The van der Waals surface area contributed by atoms with E-state index in [4.69, 9.17) is 9.73 Å². The van der Waals surface area contributed by atoms with E-state index in [1.54, 1.807) is 6.08 Å². The number of ether oxygens (including phenoxy) is 1. The maximum atomic E-state index is 13.4. The molecule has 30 heavy (non-hydrogen) atoms. The summed E-state index contributed by atoms with van der Waals surface area (Å²) in [4.78, 5) is 20.9. The van der Waals surface area contributed by atoms with Crippen LogP contribution in [0.5, 0.6) is 5.75 Å². The number of aliphatic imine (C=N–C) groups is 1. The zero-order valence-electron chi connectivity index (χ0n) is 17.0. The van der Waals surface area contributed by atoms with E-state index in [1.165, 1.54) is 18.2 Å². The number of carbonyl (C=O) groups is 1. The van der Waals surface area contributed by atoms with Crippen LogP contribution < -0.4 is 4.74 Å². The fourth-order valence-electron chi connectivity index (χ4n) is 3.86. The van der Waals surface area contributed by atoms with Gasteiger partial charge in [0.2, 0.25) is 0 Å².